The normalized spacial score (nSPS) is 23.8. The average molecular weight is 607 g/mol. The Morgan fingerprint density at radius 3 is 2.00 bits per heavy atom. The highest BCUT2D eigenvalue weighted by atomic mass is 32.2. The van der Waals surface area contributed by atoms with E-state index < -0.39 is 10.0 Å². The molecule has 0 unspecified atom stereocenters. The molecule has 3 aliphatic rings. The average Bonchev–Trinajstić information content (AvgIpc) is 2.98. The number of carbonyl (C=O) groups excluding carboxylic acids is 1. The first-order valence-electron chi connectivity index (χ1n) is 15.9. The summed E-state index contributed by atoms with van der Waals surface area (Å²) in [6.45, 7) is 8.82. The number of benzene rings is 1. The van der Waals surface area contributed by atoms with Crippen LogP contribution in [-0.4, -0.2) is 120 Å². The van der Waals surface area contributed by atoms with E-state index in [9.17, 15) is 13.2 Å². The van der Waals surface area contributed by atoms with E-state index in [4.69, 9.17) is 9.47 Å². The zero-order valence-corrected chi connectivity index (χ0v) is 27.6. The quantitative estimate of drug-likeness (QED) is 0.355. The number of piperidine rings is 2. The van der Waals surface area contributed by atoms with Crippen molar-refractivity contribution in [1.29, 1.82) is 0 Å². The highest BCUT2D eigenvalue weighted by Gasteiger charge is 2.34. The third-order valence-electron chi connectivity index (χ3n) is 10.2. The van der Waals surface area contributed by atoms with Crippen molar-refractivity contribution in [2.45, 2.75) is 82.2 Å². The molecule has 1 aromatic rings. The Balaban J connectivity index is 1.15. The summed E-state index contributed by atoms with van der Waals surface area (Å²) < 4.78 is 38.6. The summed E-state index contributed by atoms with van der Waals surface area (Å²) in [7, 11) is 3.55. The maximum atomic E-state index is 13.2. The summed E-state index contributed by atoms with van der Waals surface area (Å²) in [5.41, 5.74) is 1.28. The van der Waals surface area contributed by atoms with Crippen LogP contribution in [0.4, 0.5) is 0 Å². The van der Waals surface area contributed by atoms with Gasteiger partial charge in [-0.3, -0.25) is 4.79 Å². The summed E-state index contributed by atoms with van der Waals surface area (Å²) >= 11 is 0. The number of amides is 1. The fourth-order valence-corrected chi connectivity index (χ4v) is 8.99. The molecule has 0 aromatic heterocycles. The van der Waals surface area contributed by atoms with Gasteiger partial charge in [-0.1, -0.05) is 0 Å². The first kappa shape index (κ1) is 33.2. The number of likely N-dealkylation sites (tertiary alicyclic amines) is 2. The molecule has 9 nitrogen and oxygen atoms in total. The number of hydrogen-bond donors (Lipinski definition) is 0. The van der Waals surface area contributed by atoms with Gasteiger partial charge in [-0.2, -0.15) is 4.31 Å². The van der Waals surface area contributed by atoms with Crippen molar-refractivity contribution in [1.82, 2.24) is 19.0 Å². The topological polar surface area (TPSA) is 82.6 Å². The molecule has 4 rings (SSSR count). The van der Waals surface area contributed by atoms with Crippen LogP contribution in [0.2, 0.25) is 0 Å². The molecular weight excluding hydrogens is 552 g/mol. The molecule has 238 valence electrons. The van der Waals surface area contributed by atoms with E-state index in [1.54, 1.807) is 40.1 Å². The lowest BCUT2D eigenvalue weighted by molar-refractivity contribution is -0.137. The Hall–Kier alpha value is -1.72. The van der Waals surface area contributed by atoms with Gasteiger partial charge in [0.15, 0.2) is 0 Å². The van der Waals surface area contributed by atoms with Gasteiger partial charge in [0.05, 0.1) is 18.6 Å². The van der Waals surface area contributed by atoms with Gasteiger partial charge in [0, 0.05) is 32.7 Å². The SMILES string of the molecule is COc1cc(C)c(S(=O)(=O)N(C)CCOCC(=O)N(C)C2CCC(N3CCC(C4CCN(C)CC4)CC3)CC2)c(C)c1. The second-order valence-corrected chi connectivity index (χ2v) is 14.9. The number of aryl methyl sites for hydroxylation is 2. The second kappa shape index (κ2) is 14.8. The predicted molar refractivity (Wildman–Crippen MR) is 166 cm³/mol. The Bertz CT molecular complexity index is 1110. The number of sulfonamides is 1. The Labute approximate surface area is 254 Å². The molecule has 0 atom stereocenters. The molecule has 2 heterocycles. The van der Waals surface area contributed by atoms with Gasteiger partial charge in [-0.15, -0.1) is 0 Å². The van der Waals surface area contributed by atoms with Crippen molar-refractivity contribution in [2.75, 3.05) is 74.2 Å². The van der Waals surface area contributed by atoms with Crippen LogP contribution in [0.5, 0.6) is 5.75 Å². The number of nitrogens with zero attached hydrogens (tertiary/aromatic N) is 4. The van der Waals surface area contributed by atoms with E-state index in [-0.39, 0.29) is 31.7 Å². The van der Waals surface area contributed by atoms with Gasteiger partial charge in [-0.05, 0) is 134 Å². The molecule has 1 aromatic carbocycles. The van der Waals surface area contributed by atoms with Gasteiger partial charge >= 0.3 is 0 Å². The first-order valence-corrected chi connectivity index (χ1v) is 17.3. The molecule has 0 spiro atoms. The number of carbonyl (C=O) groups is 1. The van der Waals surface area contributed by atoms with Gasteiger partial charge in [0.2, 0.25) is 15.9 Å². The fraction of sp³-hybridized carbons (Fsp3) is 0.781. The molecule has 2 aliphatic heterocycles. The zero-order chi connectivity index (χ0) is 30.4. The smallest absolute Gasteiger partial charge is 0.248 e. The van der Waals surface area contributed by atoms with Crippen molar-refractivity contribution < 1.29 is 22.7 Å². The van der Waals surface area contributed by atoms with Gasteiger partial charge < -0.3 is 24.2 Å². The van der Waals surface area contributed by atoms with Crippen LogP contribution in [0, 0.1) is 25.7 Å². The van der Waals surface area contributed by atoms with Crippen molar-refractivity contribution in [3.05, 3.63) is 23.3 Å². The first-order chi connectivity index (χ1) is 20.0. The molecule has 0 radical (unpaired) electrons. The van der Waals surface area contributed by atoms with E-state index in [0.717, 1.165) is 37.5 Å². The van der Waals surface area contributed by atoms with Gasteiger partial charge in [0.1, 0.15) is 12.4 Å². The van der Waals surface area contributed by atoms with Crippen molar-refractivity contribution >= 4 is 15.9 Å². The molecule has 3 fully saturated rings. The summed E-state index contributed by atoms with van der Waals surface area (Å²) in [5, 5.41) is 0. The lowest BCUT2D eigenvalue weighted by Gasteiger charge is -2.44. The van der Waals surface area contributed by atoms with Crippen LogP contribution in [0.3, 0.4) is 0 Å². The van der Waals surface area contributed by atoms with Crippen LogP contribution in [-0.2, 0) is 19.6 Å². The molecule has 1 aliphatic carbocycles. The molecule has 1 amide bonds. The van der Waals surface area contributed by atoms with Crippen molar-refractivity contribution in [3.63, 3.8) is 0 Å². The summed E-state index contributed by atoms with van der Waals surface area (Å²) in [6, 6.07) is 4.35. The molecule has 0 N–H and O–H groups in total. The van der Waals surface area contributed by atoms with Gasteiger partial charge in [0.25, 0.3) is 0 Å². The number of ether oxygens (including phenoxy) is 2. The van der Waals surface area contributed by atoms with E-state index in [2.05, 4.69) is 16.8 Å². The van der Waals surface area contributed by atoms with Crippen LogP contribution < -0.4 is 4.74 Å². The van der Waals surface area contributed by atoms with E-state index in [1.807, 2.05) is 11.9 Å². The minimum absolute atomic E-state index is 0.0324. The Morgan fingerprint density at radius 2 is 1.45 bits per heavy atom. The Morgan fingerprint density at radius 1 is 0.905 bits per heavy atom. The monoisotopic (exact) mass is 606 g/mol. The minimum Gasteiger partial charge on any atom is -0.497 e. The van der Waals surface area contributed by atoms with E-state index in [1.165, 1.54) is 56.2 Å². The van der Waals surface area contributed by atoms with Gasteiger partial charge in [-0.25, -0.2) is 8.42 Å². The van der Waals surface area contributed by atoms with Crippen molar-refractivity contribution in [3.8, 4) is 5.75 Å². The predicted octanol–water partition coefficient (Wildman–Crippen LogP) is 3.77. The van der Waals surface area contributed by atoms with Crippen LogP contribution in [0.15, 0.2) is 17.0 Å². The molecule has 0 bridgehead atoms. The number of rotatable bonds is 11. The highest BCUT2D eigenvalue weighted by molar-refractivity contribution is 7.89. The molecular formula is C32H54N4O5S. The lowest BCUT2D eigenvalue weighted by atomic mass is 9.78. The highest BCUT2D eigenvalue weighted by Crippen LogP contribution is 2.35. The number of methoxy groups -OCH3 is 1. The maximum absolute atomic E-state index is 13.2. The molecule has 1 saturated carbocycles. The second-order valence-electron chi connectivity index (χ2n) is 13.0. The fourth-order valence-electron chi connectivity index (χ4n) is 7.44. The molecule has 42 heavy (non-hydrogen) atoms. The summed E-state index contributed by atoms with van der Waals surface area (Å²) in [6.07, 6.45) is 9.79. The van der Waals surface area contributed by atoms with Crippen LogP contribution in [0.1, 0.15) is 62.5 Å². The standard InChI is InChI=1S/C32H54N4O5S/c1-24-21-30(40-6)22-25(2)32(24)42(38,39)34(4)19-20-41-23-31(37)35(5)28-7-9-29(10-8-28)36-17-13-27(14-18-36)26-11-15-33(3)16-12-26/h21-22,26-29H,7-20,23H2,1-6H3. The maximum Gasteiger partial charge on any atom is 0.248 e. The summed E-state index contributed by atoms with van der Waals surface area (Å²) in [4.78, 5) is 20.2. The largest absolute Gasteiger partial charge is 0.497 e. The summed E-state index contributed by atoms with van der Waals surface area (Å²) in [5.74, 6) is 2.43. The molecule has 10 heteroatoms. The molecule has 2 saturated heterocycles. The van der Waals surface area contributed by atoms with Crippen LogP contribution >= 0.6 is 0 Å². The lowest BCUT2D eigenvalue weighted by Crippen LogP contribution is -2.48. The Kier molecular flexibility index (Phi) is 11.7. The zero-order valence-electron chi connectivity index (χ0n) is 26.8. The van der Waals surface area contributed by atoms with Crippen molar-refractivity contribution in [2.24, 2.45) is 11.8 Å². The number of likely N-dealkylation sites (N-methyl/N-ethyl adjacent to an activating group) is 2. The third kappa shape index (κ3) is 8.05. The van der Waals surface area contributed by atoms with Crippen LogP contribution in [0.25, 0.3) is 0 Å². The van der Waals surface area contributed by atoms with E-state index >= 15 is 0 Å². The third-order valence-corrected chi connectivity index (χ3v) is 12.4. The van der Waals surface area contributed by atoms with E-state index in [0.29, 0.717) is 27.8 Å². The minimum atomic E-state index is -3.69. The number of hydrogen-bond acceptors (Lipinski definition) is 7.